The third-order valence-electron chi connectivity index (χ3n) is 4.30. The fourth-order valence-corrected chi connectivity index (χ4v) is 2.96. The molecule has 148 valence electrons. The molecule has 0 heterocycles. The molecule has 0 atom stereocenters. The van der Waals surface area contributed by atoms with Gasteiger partial charge in [-0.05, 0) is 41.0 Å². The maximum Gasteiger partial charge on any atom is 0.513 e. The van der Waals surface area contributed by atoms with E-state index in [-0.39, 0.29) is 5.92 Å². The van der Waals surface area contributed by atoms with Gasteiger partial charge in [-0.25, -0.2) is 9.59 Å². The predicted octanol–water partition coefficient (Wildman–Crippen LogP) is 5.16. The molecular weight excluding hydrogens is 372 g/mol. The van der Waals surface area contributed by atoms with Crippen molar-refractivity contribution in [3.05, 3.63) is 95.6 Å². The van der Waals surface area contributed by atoms with Crippen LogP contribution in [0.25, 0.3) is 0 Å². The van der Waals surface area contributed by atoms with Crippen LogP contribution in [-0.4, -0.2) is 26.5 Å². The van der Waals surface area contributed by atoms with Crippen molar-refractivity contribution in [2.75, 3.05) is 14.2 Å². The van der Waals surface area contributed by atoms with Crippen molar-refractivity contribution in [2.45, 2.75) is 5.92 Å². The van der Waals surface area contributed by atoms with Crippen LogP contribution in [0.15, 0.2) is 78.9 Å². The van der Waals surface area contributed by atoms with Crippen molar-refractivity contribution in [2.24, 2.45) is 0 Å². The smallest absolute Gasteiger partial charge is 0.437 e. The normalized spacial score (nSPS) is 10.3. The molecule has 6 heteroatoms. The summed E-state index contributed by atoms with van der Waals surface area (Å²) in [4.78, 5) is 22.6. The number of hydrogen-bond donors (Lipinski definition) is 0. The molecule has 0 spiro atoms. The van der Waals surface area contributed by atoms with E-state index in [0.29, 0.717) is 11.5 Å². The standard InChI is InChI=1S/C23H20O6/c1-26-22(24)28-19-12-8-17(9-13-19)21(16-6-4-3-5-7-16)18-10-14-20(15-11-18)29-23(25)27-2/h3-15,21H,1-2H3. The van der Waals surface area contributed by atoms with Crippen LogP contribution in [0.3, 0.4) is 0 Å². The molecule has 0 radical (unpaired) electrons. The van der Waals surface area contributed by atoms with Gasteiger partial charge in [-0.1, -0.05) is 54.6 Å². The van der Waals surface area contributed by atoms with Crippen LogP contribution in [-0.2, 0) is 9.47 Å². The molecule has 0 aliphatic rings. The first-order valence-corrected chi connectivity index (χ1v) is 8.87. The molecule has 0 N–H and O–H groups in total. The maximum atomic E-state index is 11.3. The molecule has 6 nitrogen and oxygen atoms in total. The number of ether oxygens (including phenoxy) is 4. The van der Waals surface area contributed by atoms with Gasteiger partial charge < -0.3 is 18.9 Å². The Morgan fingerprint density at radius 2 is 0.966 bits per heavy atom. The van der Waals surface area contributed by atoms with Gasteiger partial charge in [0.05, 0.1) is 14.2 Å². The highest BCUT2D eigenvalue weighted by atomic mass is 16.7. The van der Waals surface area contributed by atoms with E-state index in [1.165, 1.54) is 14.2 Å². The lowest BCUT2D eigenvalue weighted by Crippen LogP contribution is -2.08. The fourth-order valence-electron chi connectivity index (χ4n) is 2.96. The molecule has 0 aromatic heterocycles. The average molecular weight is 392 g/mol. The van der Waals surface area contributed by atoms with Crippen molar-refractivity contribution in [3.63, 3.8) is 0 Å². The summed E-state index contributed by atoms with van der Waals surface area (Å²) in [5, 5.41) is 0. The van der Waals surface area contributed by atoms with E-state index in [2.05, 4.69) is 9.47 Å². The molecule has 29 heavy (non-hydrogen) atoms. The van der Waals surface area contributed by atoms with E-state index in [9.17, 15) is 9.59 Å². The van der Waals surface area contributed by atoms with Gasteiger partial charge in [0.2, 0.25) is 0 Å². The summed E-state index contributed by atoms with van der Waals surface area (Å²) < 4.78 is 19.1. The highest BCUT2D eigenvalue weighted by Crippen LogP contribution is 2.33. The van der Waals surface area contributed by atoms with Crippen LogP contribution < -0.4 is 9.47 Å². The van der Waals surface area contributed by atoms with Gasteiger partial charge in [0.15, 0.2) is 0 Å². The Morgan fingerprint density at radius 3 is 1.34 bits per heavy atom. The summed E-state index contributed by atoms with van der Waals surface area (Å²) >= 11 is 0. The Kier molecular flexibility index (Phi) is 6.47. The molecule has 0 saturated heterocycles. The first kappa shape index (κ1) is 19.9. The molecule has 0 unspecified atom stereocenters. The minimum atomic E-state index is -0.765. The van der Waals surface area contributed by atoms with Crippen molar-refractivity contribution in [1.82, 2.24) is 0 Å². The maximum absolute atomic E-state index is 11.3. The predicted molar refractivity (Wildman–Crippen MR) is 106 cm³/mol. The molecule has 0 aliphatic carbocycles. The highest BCUT2D eigenvalue weighted by Gasteiger charge is 2.17. The minimum absolute atomic E-state index is 0.0597. The van der Waals surface area contributed by atoms with Crippen LogP contribution in [0.1, 0.15) is 22.6 Å². The quantitative estimate of drug-likeness (QED) is 0.339. The summed E-state index contributed by atoms with van der Waals surface area (Å²) in [5.41, 5.74) is 3.11. The van der Waals surface area contributed by atoms with Crippen LogP contribution in [0.2, 0.25) is 0 Å². The van der Waals surface area contributed by atoms with Crippen LogP contribution in [0.4, 0.5) is 9.59 Å². The van der Waals surface area contributed by atoms with E-state index in [0.717, 1.165) is 16.7 Å². The second-order valence-corrected chi connectivity index (χ2v) is 6.09. The first-order valence-electron chi connectivity index (χ1n) is 8.87. The molecular formula is C23H20O6. The number of hydrogen-bond acceptors (Lipinski definition) is 6. The lowest BCUT2D eigenvalue weighted by molar-refractivity contribution is 0.120. The lowest BCUT2D eigenvalue weighted by atomic mass is 9.85. The van der Waals surface area contributed by atoms with Crippen LogP contribution >= 0.6 is 0 Å². The molecule has 3 rings (SSSR count). The Hall–Kier alpha value is -3.80. The SMILES string of the molecule is COC(=O)Oc1ccc(C(c2ccccc2)c2ccc(OC(=O)OC)cc2)cc1. The number of methoxy groups -OCH3 is 2. The Bertz CT molecular complexity index is 887. The van der Waals surface area contributed by atoms with E-state index in [1.54, 1.807) is 24.3 Å². The molecule has 0 aliphatic heterocycles. The number of carbonyl (C=O) groups excluding carboxylic acids is 2. The lowest BCUT2D eigenvalue weighted by Gasteiger charge is -2.19. The summed E-state index contributed by atoms with van der Waals surface area (Å²) in [6.07, 6.45) is -1.53. The van der Waals surface area contributed by atoms with Crippen molar-refractivity contribution >= 4 is 12.3 Å². The van der Waals surface area contributed by atoms with Gasteiger partial charge in [-0.2, -0.15) is 0 Å². The van der Waals surface area contributed by atoms with Gasteiger partial charge in [0.1, 0.15) is 11.5 Å². The van der Waals surface area contributed by atoms with Crippen molar-refractivity contribution in [3.8, 4) is 11.5 Å². The monoisotopic (exact) mass is 392 g/mol. The molecule has 3 aromatic carbocycles. The zero-order valence-electron chi connectivity index (χ0n) is 16.0. The number of carbonyl (C=O) groups is 2. The number of rotatable bonds is 5. The summed E-state index contributed by atoms with van der Waals surface area (Å²) in [5.74, 6) is 0.735. The largest absolute Gasteiger partial charge is 0.513 e. The van der Waals surface area contributed by atoms with Crippen LogP contribution in [0, 0.1) is 0 Å². The molecule has 0 amide bonds. The van der Waals surface area contributed by atoms with E-state index in [1.807, 2.05) is 54.6 Å². The fraction of sp³-hybridized carbons (Fsp3) is 0.130. The van der Waals surface area contributed by atoms with Crippen molar-refractivity contribution < 1.29 is 28.5 Å². The summed E-state index contributed by atoms with van der Waals surface area (Å²) in [7, 11) is 2.52. The van der Waals surface area contributed by atoms with Gasteiger partial charge in [-0.15, -0.1) is 0 Å². The Balaban J connectivity index is 1.92. The Morgan fingerprint density at radius 1 is 0.586 bits per heavy atom. The summed E-state index contributed by atoms with van der Waals surface area (Å²) in [6.45, 7) is 0. The Labute approximate surface area is 168 Å². The minimum Gasteiger partial charge on any atom is -0.437 e. The van der Waals surface area contributed by atoms with Gasteiger partial charge >= 0.3 is 12.3 Å². The molecule has 3 aromatic rings. The molecule has 0 saturated carbocycles. The van der Waals surface area contributed by atoms with E-state index < -0.39 is 12.3 Å². The topological polar surface area (TPSA) is 71.1 Å². The van der Waals surface area contributed by atoms with E-state index >= 15 is 0 Å². The third-order valence-corrected chi connectivity index (χ3v) is 4.30. The average Bonchev–Trinajstić information content (AvgIpc) is 2.77. The number of benzene rings is 3. The van der Waals surface area contributed by atoms with Gasteiger partial charge in [-0.3, -0.25) is 0 Å². The zero-order chi connectivity index (χ0) is 20.6. The van der Waals surface area contributed by atoms with Gasteiger partial charge in [0, 0.05) is 5.92 Å². The second kappa shape index (κ2) is 9.41. The zero-order valence-corrected chi connectivity index (χ0v) is 16.0. The molecule has 0 fully saturated rings. The molecule has 0 bridgehead atoms. The van der Waals surface area contributed by atoms with E-state index in [4.69, 9.17) is 9.47 Å². The highest BCUT2D eigenvalue weighted by molar-refractivity contribution is 5.64. The van der Waals surface area contributed by atoms with Gasteiger partial charge in [0.25, 0.3) is 0 Å². The summed E-state index contributed by atoms with van der Waals surface area (Å²) in [6, 6.07) is 24.5. The second-order valence-electron chi connectivity index (χ2n) is 6.09. The van der Waals surface area contributed by atoms with Crippen LogP contribution in [0.5, 0.6) is 11.5 Å². The van der Waals surface area contributed by atoms with Crippen molar-refractivity contribution in [1.29, 1.82) is 0 Å². The third kappa shape index (κ3) is 5.13. The first-order chi connectivity index (χ1) is 14.1.